The van der Waals surface area contributed by atoms with Crippen molar-refractivity contribution in [1.82, 2.24) is 10.2 Å². The average molecular weight is 312 g/mol. The second-order valence-corrected chi connectivity index (χ2v) is 7.14. The molecule has 2 amide bonds. The number of hydrogen-bond donors (Lipinski definition) is 1. The third kappa shape index (κ3) is 5.16. The number of nitrogens with zero attached hydrogens (tertiary/aromatic N) is 1. The van der Waals surface area contributed by atoms with Crippen molar-refractivity contribution in [2.45, 2.75) is 58.1 Å². The molecule has 6 nitrogen and oxygen atoms in total. The fraction of sp³-hybridized carbons (Fsp3) is 0.875. The van der Waals surface area contributed by atoms with Crippen LogP contribution in [0.1, 0.15) is 46.5 Å². The molecular formula is C16H28N2O4. The van der Waals surface area contributed by atoms with E-state index >= 15 is 0 Å². The summed E-state index contributed by atoms with van der Waals surface area (Å²) in [4.78, 5) is 26.0. The molecule has 22 heavy (non-hydrogen) atoms. The molecule has 2 aliphatic heterocycles. The van der Waals surface area contributed by atoms with Crippen LogP contribution in [0.25, 0.3) is 0 Å². The minimum atomic E-state index is -0.478. The highest BCUT2D eigenvalue weighted by molar-refractivity contribution is 5.79. The lowest BCUT2D eigenvalue weighted by Crippen LogP contribution is -2.47. The summed E-state index contributed by atoms with van der Waals surface area (Å²) in [7, 11) is 0. The topological polar surface area (TPSA) is 67.9 Å². The maximum absolute atomic E-state index is 12.3. The highest BCUT2D eigenvalue weighted by atomic mass is 16.6. The van der Waals surface area contributed by atoms with Gasteiger partial charge in [0.2, 0.25) is 5.91 Å². The zero-order valence-corrected chi connectivity index (χ0v) is 13.9. The summed E-state index contributed by atoms with van der Waals surface area (Å²) in [6.07, 6.45) is 2.91. The molecule has 126 valence electrons. The lowest BCUT2D eigenvalue weighted by molar-refractivity contribution is -0.127. The number of hydrogen-bond acceptors (Lipinski definition) is 4. The van der Waals surface area contributed by atoms with E-state index in [1.165, 1.54) is 0 Å². The fourth-order valence-electron chi connectivity index (χ4n) is 2.81. The van der Waals surface area contributed by atoms with Gasteiger partial charge in [0.15, 0.2) is 0 Å². The van der Waals surface area contributed by atoms with Gasteiger partial charge in [0.05, 0.1) is 0 Å². The molecule has 0 unspecified atom stereocenters. The Bertz CT molecular complexity index is 391. The summed E-state index contributed by atoms with van der Waals surface area (Å²) in [6, 6.07) is 0.241. The molecule has 2 saturated heterocycles. The third-order valence-electron chi connectivity index (χ3n) is 4.09. The quantitative estimate of drug-likeness (QED) is 0.846. The number of likely N-dealkylation sites (tertiary alicyclic amines) is 1. The van der Waals surface area contributed by atoms with E-state index in [0.29, 0.717) is 25.9 Å². The van der Waals surface area contributed by atoms with E-state index in [9.17, 15) is 9.59 Å². The molecule has 2 rings (SSSR count). The normalized spacial score (nSPS) is 21.5. The van der Waals surface area contributed by atoms with Gasteiger partial charge in [-0.2, -0.15) is 0 Å². The number of amides is 2. The van der Waals surface area contributed by atoms with Crippen LogP contribution >= 0.6 is 0 Å². The highest BCUT2D eigenvalue weighted by Crippen LogP contribution is 2.20. The molecule has 2 heterocycles. The second-order valence-electron chi connectivity index (χ2n) is 7.14. The molecule has 2 aliphatic rings. The van der Waals surface area contributed by atoms with Crippen LogP contribution in [0.2, 0.25) is 0 Å². The molecule has 1 N–H and O–H groups in total. The van der Waals surface area contributed by atoms with Gasteiger partial charge >= 0.3 is 6.09 Å². The third-order valence-corrected chi connectivity index (χ3v) is 4.09. The smallest absolute Gasteiger partial charge is 0.410 e. The Balaban J connectivity index is 1.74. The van der Waals surface area contributed by atoms with Crippen molar-refractivity contribution in [3.63, 3.8) is 0 Å². The predicted molar refractivity (Wildman–Crippen MR) is 82.5 cm³/mol. The lowest BCUT2D eigenvalue weighted by atomic mass is 9.95. The first-order valence-corrected chi connectivity index (χ1v) is 8.21. The summed E-state index contributed by atoms with van der Waals surface area (Å²) in [5, 5.41) is 3.12. The molecule has 0 radical (unpaired) electrons. The number of carbonyl (C=O) groups is 2. The average Bonchev–Trinajstić information content (AvgIpc) is 2.46. The first-order chi connectivity index (χ1) is 10.3. The van der Waals surface area contributed by atoms with Gasteiger partial charge in [0, 0.05) is 38.3 Å². The van der Waals surface area contributed by atoms with E-state index in [0.717, 1.165) is 26.1 Å². The maximum Gasteiger partial charge on any atom is 0.410 e. The van der Waals surface area contributed by atoms with Crippen LogP contribution in [-0.2, 0) is 14.3 Å². The molecule has 0 bridgehead atoms. The van der Waals surface area contributed by atoms with Crippen LogP contribution in [0.4, 0.5) is 4.79 Å². The Kier molecular flexibility index (Phi) is 5.67. The van der Waals surface area contributed by atoms with Gasteiger partial charge in [-0.15, -0.1) is 0 Å². The van der Waals surface area contributed by atoms with Crippen molar-refractivity contribution >= 4 is 12.0 Å². The standard InChI is InChI=1S/C16H28N2O4/c1-16(2,3)22-15(20)18-8-4-12(5-9-18)14(19)17-13-6-10-21-11-7-13/h12-13H,4-11H2,1-3H3,(H,17,19). The summed E-state index contributed by atoms with van der Waals surface area (Å²) in [5.74, 6) is 0.122. The summed E-state index contributed by atoms with van der Waals surface area (Å²) in [5.41, 5.74) is -0.478. The van der Waals surface area contributed by atoms with Crippen LogP contribution in [0.3, 0.4) is 0 Å². The van der Waals surface area contributed by atoms with Gasteiger partial charge in [-0.05, 0) is 46.5 Å². The van der Waals surface area contributed by atoms with Gasteiger partial charge in [-0.3, -0.25) is 4.79 Å². The Morgan fingerprint density at radius 2 is 1.68 bits per heavy atom. The molecule has 0 aromatic rings. The SMILES string of the molecule is CC(C)(C)OC(=O)N1CCC(C(=O)NC2CCOCC2)CC1. The predicted octanol–water partition coefficient (Wildman–Crippen LogP) is 1.93. The van der Waals surface area contributed by atoms with Crippen molar-refractivity contribution in [3.8, 4) is 0 Å². The Morgan fingerprint density at radius 1 is 1.09 bits per heavy atom. The van der Waals surface area contributed by atoms with Crippen LogP contribution in [0, 0.1) is 5.92 Å². The van der Waals surface area contributed by atoms with Gasteiger partial charge in [0.25, 0.3) is 0 Å². The van der Waals surface area contributed by atoms with Crippen LogP contribution in [0.15, 0.2) is 0 Å². The van der Waals surface area contributed by atoms with Crippen molar-refractivity contribution in [3.05, 3.63) is 0 Å². The molecule has 6 heteroatoms. The number of carbonyl (C=O) groups excluding carboxylic acids is 2. The Hall–Kier alpha value is -1.30. The van der Waals surface area contributed by atoms with E-state index in [1.54, 1.807) is 4.90 Å². The molecular weight excluding hydrogens is 284 g/mol. The maximum atomic E-state index is 12.3. The van der Waals surface area contributed by atoms with E-state index < -0.39 is 5.60 Å². The lowest BCUT2D eigenvalue weighted by Gasteiger charge is -2.33. The number of ether oxygens (including phenoxy) is 2. The molecule has 0 saturated carbocycles. The van der Waals surface area contributed by atoms with Gasteiger partial charge < -0.3 is 19.7 Å². The molecule has 0 aromatic heterocycles. The summed E-state index contributed by atoms with van der Waals surface area (Å²) < 4.78 is 10.7. The van der Waals surface area contributed by atoms with Gasteiger partial charge in [-0.1, -0.05) is 0 Å². The minimum absolute atomic E-state index is 0.00142. The molecule has 0 aromatic carbocycles. The highest BCUT2D eigenvalue weighted by Gasteiger charge is 2.30. The zero-order chi connectivity index (χ0) is 16.2. The van der Waals surface area contributed by atoms with Crippen LogP contribution in [-0.4, -0.2) is 54.8 Å². The van der Waals surface area contributed by atoms with Crippen LogP contribution < -0.4 is 5.32 Å². The van der Waals surface area contributed by atoms with Crippen LogP contribution in [0.5, 0.6) is 0 Å². The van der Waals surface area contributed by atoms with Crippen molar-refractivity contribution in [2.75, 3.05) is 26.3 Å². The number of nitrogens with one attached hydrogen (secondary N) is 1. The fourth-order valence-corrected chi connectivity index (χ4v) is 2.81. The molecule has 0 aliphatic carbocycles. The largest absolute Gasteiger partial charge is 0.444 e. The second kappa shape index (κ2) is 7.31. The monoisotopic (exact) mass is 312 g/mol. The van der Waals surface area contributed by atoms with E-state index in [2.05, 4.69) is 5.32 Å². The molecule has 0 atom stereocenters. The Labute approximate surface area is 132 Å². The zero-order valence-electron chi connectivity index (χ0n) is 13.9. The van der Waals surface area contributed by atoms with Gasteiger partial charge in [0.1, 0.15) is 5.60 Å². The first-order valence-electron chi connectivity index (χ1n) is 8.21. The van der Waals surface area contributed by atoms with Gasteiger partial charge in [-0.25, -0.2) is 4.79 Å². The first kappa shape index (κ1) is 17.1. The molecule has 2 fully saturated rings. The minimum Gasteiger partial charge on any atom is -0.444 e. The van der Waals surface area contributed by atoms with E-state index in [1.807, 2.05) is 20.8 Å². The summed E-state index contributed by atoms with van der Waals surface area (Å²) in [6.45, 7) is 8.20. The van der Waals surface area contributed by atoms with Crippen molar-refractivity contribution in [2.24, 2.45) is 5.92 Å². The van der Waals surface area contributed by atoms with E-state index in [4.69, 9.17) is 9.47 Å². The summed E-state index contributed by atoms with van der Waals surface area (Å²) >= 11 is 0. The number of piperidine rings is 1. The van der Waals surface area contributed by atoms with Crippen molar-refractivity contribution < 1.29 is 19.1 Å². The Morgan fingerprint density at radius 3 is 2.23 bits per heavy atom. The molecule has 0 spiro atoms. The van der Waals surface area contributed by atoms with E-state index in [-0.39, 0.29) is 24.0 Å². The number of rotatable bonds is 2. The van der Waals surface area contributed by atoms with Crippen molar-refractivity contribution in [1.29, 1.82) is 0 Å².